The fourth-order valence-corrected chi connectivity index (χ4v) is 3.27. The zero-order valence-corrected chi connectivity index (χ0v) is 16.5. The Kier molecular flexibility index (Phi) is 6.01. The molecule has 0 radical (unpaired) electrons. The van der Waals surface area contributed by atoms with Crippen LogP contribution in [0.5, 0.6) is 11.5 Å². The van der Waals surface area contributed by atoms with Crippen LogP contribution in [0.2, 0.25) is 0 Å². The second-order valence-electron chi connectivity index (χ2n) is 6.58. The number of carbonyl (C=O) groups is 2. The second kappa shape index (κ2) is 8.64. The van der Waals surface area contributed by atoms with Gasteiger partial charge in [0.15, 0.2) is 5.75 Å². The number of aromatic nitrogens is 1. The monoisotopic (exact) mass is 412 g/mol. The van der Waals surface area contributed by atoms with E-state index in [1.165, 1.54) is 25.3 Å². The molecule has 0 saturated heterocycles. The normalized spacial score (nSPS) is 10.7. The third-order valence-electron chi connectivity index (χ3n) is 4.66. The largest absolute Gasteiger partial charge is 0.491 e. The maximum Gasteiger partial charge on any atom is 0.310 e. The molecule has 9 heteroatoms. The predicted octanol–water partition coefficient (Wildman–Crippen LogP) is 3.64. The fraction of sp³-hybridized carbons (Fsp3) is 0.238. The van der Waals surface area contributed by atoms with E-state index in [0.29, 0.717) is 28.9 Å². The van der Waals surface area contributed by atoms with Crippen LogP contribution in [-0.4, -0.2) is 39.9 Å². The molecule has 9 nitrogen and oxygen atoms in total. The van der Waals surface area contributed by atoms with Crippen LogP contribution >= 0.6 is 0 Å². The molecular formula is C21H20N2O7. The number of carboxylic acid groups (broad SMARTS) is 1. The van der Waals surface area contributed by atoms with Gasteiger partial charge < -0.3 is 19.0 Å². The molecule has 2 aromatic heterocycles. The summed E-state index contributed by atoms with van der Waals surface area (Å²) in [6.45, 7) is 1.94. The van der Waals surface area contributed by atoms with Crippen LogP contribution in [0, 0.1) is 17.0 Å². The van der Waals surface area contributed by atoms with Crippen LogP contribution in [0.3, 0.4) is 0 Å². The molecule has 3 aromatic rings. The van der Waals surface area contributed by atoms with Crippen molar-refractivity contribution in [3.05, 3.63) is 69.5 Å². The van der Waals surface area contributed by atoms with Crippen LogP contribution < -0.4 is 9.47 Å². The van der Waals surface area contributed by atoms with Gasteiger partial charge in [0, 0.05) is 29.8 Å². The quantitative estimate of drug-likeness (QED) is 0.246. The van der Waals surface area contributed by atoms with Crippen LogP contribution in [-0.2, 0) is 4.79 Å². The molecule has 30 heavy (non-hydrogen) atoms. The number of fused-ring (bicyclic) bond motifs is 1. The number of benzene rings is 1. The van der Waals surface area contributed by atoms with Crippen molar-refractivity contribution in [1.29, 1.82) is 0 Å². The Labute approximate surface area is 171 Å². The molecule has 1 aromatic carbocycles. The number of carbonyl (C=O) groups excluding carboxylic acids is 1. The number of rotatable bonds is 9. The molecule has 0 atom stereocenters. The highest BCUT2D eigenvalue weighted by atomic mass is 16.6. The van der Waals surface area contributed by atoms with Crippen molar-refractivity contribution in [2.24, 2.45) is 0 Å². The fourth-order valence-electron chi connectivity index (χ4n) is 3.27. The van der Waals surface area contributed by atoms with E-state index in [0.717, 1.165) is 0 Å². The summed E-state index contributed by atoms with van der Waals surface area (Å²) >= 11 is 0. The van der Waals surface area contributed by atoms with E-state index in [9.17, 15) is 19.7 Å². The number of hydrogen-bond donors (Lipinski definition) is 1. The Morgan fingerprint density at radius 3 is 2.67 bits per heavy atom. The highest BCUT2D eigenvalue weighted by Gasteiger charge is 2.25. The van der Waals surface area contributed by atoms with Gasteiger partial charge in [0.05, 0.1) is 24.2 Å². The summed E-state index contributed by atoms with van der Waals surface area (Å²) in [4.78, 5) is 34.5. The first kappa shape index (κ1) is 20.8. The Morgan fingerprint density at radius 1 is 1.23 bits per heavy atom. The summed E-state index contributed by atoms with van der Waals surface area (Å²) in [6.07, 6.45) is 2.04. The van der Waals surface area contributed by atoms with Gasteiger partial charge in [-0.3, -0.25) is 19.7 Å². The second-order valence-corrected chi connectivity index (χ2v) is 6.58. The average Bonchev–Trinajstić information content (AvgIpc) is 3.01. The zero-order chi connectivity index (χ0) is 21.8. The summed E-state index contributed by atoms with van der Waals surface area (Å²) in [5.41, 5.74) is 1.63. The molecule has 0 amide bonds. The highest BCUT2D eigenvalue weighted by Crippen LogP contribution is 2.34. The predicted molar refractivity (Wildman–Crippen MR) is 108 cm³/mol. The van der Waals surface area contributed by atoms with E-state index in [1.54, 1.807) is 29.7 Å². The van der Waals surface area contributed by atoms with Crippen LogP contribution in [0.15, 0.2) is 42.6 Å². The number of ketones is 1. The summed E-state index contributed by atoms with van der Waals surface area (Å²) in [6, 6.07) is 9.34. The van der Waals surface area contributed by atoms with E-state index in [-0.39, 0.29) is 35.8 Å². The van der Waals surface area contributed by atoms with E-state index >= 15 is 0 Å². The van der Waals surface area contributed by atoms with Crippen molar-refractivity contribution in [3.63, 3.8) is 0 Å². The Hall–Kier alpha value is -3.88. The molecule has 3 rings (SSSR count). The standard InChI is InChI=1S/C21H20N2O7/c1-13-19(20(26)14-8-9-15(23(27)28)17(12-14)29-2)22-10-4-3-6-16(22)21(13)30-11-5-7-18(24)25/h3-4,6,8-10,12H,5,7,11H2,1-2H3,(H,24,25). The number of hydrogen-bond acceptors (Lipinski definition) is 6. The number of methoxy groups -OCH3 is 1. The van der Waals surface area contributed by atoms with Gasteiger partial charge in [-0.15, -0.1) is 0 Å². The first-order chi connectivity index (χ1) is 14.3. The van der Waals surface area contributed by atoms with Crippen molar-refractivity contribution >= 4 is 23.0 Å². The van der Waals surface area contributed by atoms with Crippen molar-refractivity contribution < 1.29 is 29.1 Å². The number of carboxylic acids is 1. The third kappa shape index (κ3) is 3.95. The Morgan fingerprint density at radius 2 is 2.00 bits per heavy atom. The van der Waals surface area contributed by atoms with Gasteiger partial charge in [-0.25, -0.2) is 0 Å². The molecular weight excluding hydrogens is 392 g/mol. The molecule has 2 heterocycles. The van der Waals surface area contributed by atoms with Gasteiger partial charge in [0.2, 0.25) is 5.78 Å². The average molecular weight is 412 g/mol. The van der Waals surface area contributed by atoms with E-state index in [1.807, 2.05) is 6.07 Å². The number of nitro benzene ring substituents is 1. The maximum atomic E-state index is 13.3. The highest BCUT2D eigenvalue weighted by molar-refractivity contribution is 6.10. The lowest BCUT2D eigenvalue weighted by Crippen LogP contribution is -2.08. The summed E-state index contributed by atoms with van der Waals surface area (Å²) < 4.78 is 12.6. The third-order valence-corrected chi connectivity index (χ3v) is 4.66. The molecule has 0 aliphatic rings. The van der Waals surface area contributed by atoms with Crippen molar-refractivity contribution in [3.8, 4) is 11.5 Å². The van der Waals surface area contributed by atoms with Crippen molar-refractivity contribution in [2.75, 3.05) is 13.7 Å². The first-order valence-electron chi connectivity index (χ1n) is 9.16. The molecule has 0 aliphatic heterocycles. The lowest BCUT2D eigenvalue weighted by molar-refractivity contribution is -0.385. The smallest absolute Gasteiger partial charge is 0.310 e. The molecule has 1 N–H and O–H groups in total. The summed E-state index contributed by atoms with van der Waals surface area (Å²) in [7, 11) is 1.30. The maximum absolute atomic E-state index is 13.3. The minimum absolute atomic E-state index is 0.00508. The molecule has 0 spiro atoms. The summed E-state index contributed by atoms with van der Waals surface area (Å²) in [5, 5.41) is 19.9. The molecule has 0 unspecified atom stereocenters. The topological polar surface area (TPSA) is 120 Å². The zero-order valence-electron chi connectivity index (χ0n) is 16.5. The van der Waals surface area contributed by atoms with Gasteiger partial charge in [0.25, 0.3) is 0 Å². The van der Waals surface area contributed by atoms with Crippen LogP contribution in [0.25, 0.3) is 5.52 Å². The summed E-state index contributed by atoms with van der Waals surface area (Å²) in [5.74, 6) is -0.755. The van der Waals surface area contributed by atoms with Gasteiger partial charge >= 0.3 is 11.7 Å². The van der Waals surface area contributed by atoms with E-state index in [2.05, 4.69) is 0 Å². The first-order valence-corrected chi connectivity index (χ1v) is 9.16. The number of nitro groups is 1. The Balaban J connectivity index is 2.01. The van der Waals surface area contributed by atoms with Gasteiger partial charge in [-0.1, -0.05) is 6.07 Å². The Bertz CT molecular complexity index is 1130. The molecule has 0 saturated carbocycles. The lowest BCUT2D eigenvalue weighted by atomic mass is 10.0. The number of nitrogens with zero attached hydrogens (tertiary/aromatic N) is 2. The molecule has 0 aliphatic carbocycles. The van der Waals surface area contributed by atoms with Crippen LogP contribution in [0.1, 0.15) is 34.5 Å². The molecule has 0 fully saturated rings. The number of ether oxygens (including phenoxy) is 2. The van der Waals surface area contributed by atoms with E-state index in [4.69, 9.17) is 14.6 Å². The lowest BCUT2D eigenvalue weighted by Gasteiger charge is -2.07. The molecule has 156 valence electrons. The van der Waals surface area contributed by atoms with Gasteiger partial charge in [-0.2, -0.15) is 0 Å². The van der Waals surface area contributed by atoms with Crippen molar-refractivity contribution in [1.82, 2.24) is 4.40 Å². The van der Waals surface area contributed by atoms with Gasteiger partial charge in [0.1, 0.15) is 11.4 Å². The molecule has 0 bridgehead atoms. The van der Waals surface area contributed by atoms with Crippen molar-refractivity contribution in [2.45, 2.75) is 19.8 Å². The SMILES string of the molecule is COc1cc(C(=O)c2c(C)c(OCCCC(=O)O)c3ccccn23)ccc1[N+](=O)[O-]. The van der Waals surface area contributed by atoms with Crippen LogP contribution in [0.4, 0.5) is 5.69 Å². The minimum atomic E-state index is -0.903. The number of aliphatic carboxylic acids is 1. The number of pyridine rings is 1. The minimum Gasteiger partial charge on any atom is -0.491 e. The van der Waals surface area contributed by atoms with Gasteiger partial charge in [-0.05, 0) is 37.6 Å². The van der Waals surface area contributed by atoms with E-state index < -0.39 is 10.9 Å².